The molecule has 0 saturated heterocycles. The Morgan fingerprint density at radius 2 is 2.15 bits per heavy atom. The number of nitrogens with two attached hydrogens (primary N) is 1. The van der Waals surface area contributed by atoms with Crippen molar-refractivity contribution < 1.29 is 4.79 Å². The van der Waals surface area contributed by atoms with E-state index < -0.39 is 0 Å². The highest BCUT2D eigenvalue weighted by Gasteiger charge is 2.09. The van der Waals surface area contributed by atoms with E-state index in [2.05, 4.69) is 17.2 Å². The highest BCUT2D eigenvalue weighted by atomic mass is 16.1. The van der Waals surface area contributed by atoms with Crippen LogP contribution in [0.2, 0.25) is 0 Å². The number of hydrogen-bond acceptors (Lipinski definition) is 3. The Hall–Kier alpha value is -1.94. The van der Waals surface area contributed by atoms with E-state index in [0.717, 1.165) is 28.7 Å². The summed E-state index contributed by atoms with van der Waals surface area (Å²) in [6, 6.07) is 9.73. The number of rotatable bonds is 5. The van der Waals surface area contributed by atoms with Crippen molar-refractivity contribution >= 4 is 22.5 Å². The van der Waals surface area contributed by atoms with Gasteiger partial charge in [-0.1, -0.05) is 25.1 Å². The van der Waals surface area contributed by atoms with Gasteiger partial charge in [-0.2, -0.15) is 0 Å². The van der Waals surface area contributed by atoms with E-state index in [-0.39, 0.29) is 5.91 Å². The standard InChI is InChI=1S/C16H21N3O/c1-11(10-17)7-8-16(20)19-15-9-12(2)18-14-6-4-3-5-13(14)15/h3-6,9,11H,7-8,10,17H2,1-2H3,(H,18,19,20). The first-order valence-corrected chi connectivity index (χ1v) is 6.96. The summed E-state index contributed by atoms with van der Waals surface area (Å²) < 4.78 is 0. The lowest BCUT2D eigenvalue weighted by Crippen LogP contribution is -2.16. The largest absolute Gasteiger partial charge is 0.330 e. The minimum Gasteiger partial charge on any atom is -0.330 e. The maximum atomic E-state index is 12.0. The fourth-order valence-electron chi connectivity index (χ4n) is 2.12. The molecule has 4 nitrogen and oxygen atoms in total. The van der Waals surface area contributed by atoms with Crippen molar-refractivity contribution in [3.63, 3.8) is 0 Å². The normalized spacial score (nSPS) is 12.3. The summed E-state index contributed by atoms with van der Waals surface area (Å²) in [5, 5.41) is 3.96. The molecule has 1 atom stereocenters. The molecular formula is C16H21N3O. The Bertz CT molecular complexity index is 610. The van der Waals surface area contributed by atoms with Crippen molar-refractivity contribution in [2.45, 2.75) is 26.7 Å². The van der Waals surface area contributed by atoms with Crippen LogP contribution in [-0.4, -0.2) is 17.4 Å². The number of nitrogens with one attached hydrogen (secondary N) is 1. The lowest BCUT2D eigenvalue weighted by Gasteiger charge is -2.11. The summed E-state index contributed by atoms with van der Waals surface area (Å²) in [7, 11) is 0. The van der Waals surface area contributed by atoms with Crippen LogP contribution in [0, 0.1) is 12.8 Å². The van der Waals surface area contributed by atoms with E-state index in [9.17, 15) is 4.79 Å². The zero-order chi connectivity index (χ0) is 14.5. The van der Waals surface area contributed by atoms with Gasteiger partial charge in [-0.25, -0.2) is 0 Å². The number of carbonyl (C=O) groups is 1. The molecule has 0 fully saturated rings. The van der Waals surface area contributed by atoms with Gasteiger partial charge < -0.3 is 11.1 Å². The summed E-state index contributed by atoms with van der Waals surface area (Å²) in [5.74, 6) is 0.401. The van der Waals surface area contributed by atoms with Crippen LogP contribution in [0.3, 0.4) is 0 Å². The van der Waals surface area contributed by atoms with Gasteiger partial charge in [0.15, 0.2) is 0 Å². The van der Waals surface area contributed by atoms with Crippen molar-refractivity contribution in [1.29, 1.82) is 0 Å². The fraction of sp³-hybridized carbons (Fsp3) is 0.375. The molecule has 106 valence electrons. The highest BCUT2D eigenvalue weighted by Crippen LogP contribution is 2.23. The maximum Gasteiger partial charge on any atom is 0.224 e. The minimum absolute atomic E-state index is 0.0288. The number of para-hydroxylation sites is 1. The molecule has 20 heavy (non-hydrogen) atoms. The van der Waals surface area contributed by atoms with Crippen molar-refractivity contribution in [3.05, 3.63) is 36.0 Å². The van der Waals surface area contributed by atoms with Gasteiger partial charge in [-0.3, -0.25) is 9.78 Å². The average Bonchev–Trinajstić information content (AvgIpc) is 2.44. The number of aromatic nitrogens is 1. The number of aryl methyl sites for hydroxylation is 1. The number of amides is 1. The van der Waals surface area contributed by atoms with E-state index in [1.54, 1.807) is 0 Å². The predicted molar refractivity (Wildman–Crippen MR) is 82.6 cm³/mol. The number of carbonyl (C=O) groups excluding carboxylic acids is 1. The number of benzene rings is 1. The van der Waals surface area contributed by atoms with Gasteiger partial charge in [-0.15, -0.1) is 0 Å². The Morgan fingerprint density at radius 3 is 2.90 bits per heavy atom. The molecule has 0 aliphatic heterocycles. The molecule has 0 saturated carbocycles. The van der Waals surface area contributed by atoms with Gasteiger partial charge in [0.1, 0.15) is 0 Å². The van der Waals surface area contributed by atoms with Gasteiger partial charge >= 0.3 is 0 Å². The third-order valence-corrected chi connectivity index (χ3v) is 3.38. The van der Waals surface area contributed by atoms with Crippen LogP contribution in [0.4, 0.5) is 5.69 Å². The first kappa shape index (κ1) is 14.5. The summed E-state index contributed by atoms with van der Waals surface area (Å²) >= 11 is 0. The average molecular weight is 271 g/mol. The zero-order valence-electron chi connectivity index (χ0n) is 12.0. The molecule has 0 spiro atoms. The minimum atomic E-state index is 0.0288. The molecular weight excluding hydrogens is 250 g/mol. The van der Waals surface area contributed by atoms with Crippen molar-refractivity contribution in [3.8, 4) is 0 Å². The monoisotopic (exact) mass is 271 g/mol. The first-order valence-electron chi connectivity index (χ1n) is 6.96. The number of anilines is 1. The smallest absolute Gasteiger partial charge is 0.224 e. The number of fused-ring (bicyclic) bond motifs is 1. The lowest BCUT2D eigenvalue weighted by molar-refractivity contribution is -0.116. The molecule has 3 N–H and O–H groups in total. The molecule has 2 rings (SSSR count). The molecule has 0 bridgehead atoms. The van der Waals surface area contributed by atoms with Gasteiger partial charge in [0.25, 0.3) is 0 Å². The third-order valence-electron chi connectivity index (χ3n) is 3.38. The van der Waals surface area contributed by atoms with Crippen LogP contribution < -0.4 is 11.1 Å². The van der Waals surface area contributed by atoms with Gasteiger partial charge in [0.2, 0.25) is 5.91 Å². The Kier molecular flexibility index (Phi) is 4.69. The molecule has 4 heteroatoms. The molecule has 1 aromatic carbocycles. The molecule has 0 aliphatic rings. The van der Waals surface area contributed by atoms with Crippen LogP contribution in [-0.2, 0) is 4.79 Å². The molecule has 1 amide bonds. The van der Waals surface area contributed by atoms with Crippen molar-refractivity contribution in [2.24, 2.45) is 11.7 Å². The van der Waals surface area contributed by atoms with E-state index in [0.29, 0.717) is 18.9 Å². The molecule has 2 aromatic rings. The Balaban J connectivity index is 2.15. The number of pyridine rings is 1. The first-order chi connectivity index (χ1) is 9.60. The second-order valence-electron chi connectivity index (χ2n) is 5.26. The fourth-order valence-corrected chi connectivity index (χ4v) is 2.12. The van der Waals surface area contributed by atoms with Crippen LogP contribution in [0.25, 0.3) is 10.9 Å². The summed E-state index contributed by atoms with van der Waals surface area (Å²) in [5.41, 5.74) is 8.20. The SMILES string of the molecule is Cc1cc(NC(=O)CCC(C)CN)c2ccccc2n1. The maximum absolute atomic E-state index is 12.0. The molecule has 0 aliphatic carbocycles. The summed E-state index contributed by atoms with van der Waals surface area (Å²) in [4.78, 5) is 16.5. The molecule has 1 aromatic heterocycles. The summed E-state index contributed by atoms with van der Waals surface area (Å²) in [6.07, 6.45) is 1.30. The number of nitrogens with zero attached hydrogens (tertiary/aromatic N) is 1. The van der Waals surface area contributed by atoms with Crippen molar-refractivity contribution in [1.82, 2.24) is 4.98 Å². The molecule has 0 radical (unpaired) electrons. The van der Waals surface area contributed by atoms with E-state index in [4.69, 9.17) is 5.73 Å². The van der Waals surface area contributed by atoms with Gasteiger partial charge in [0.05, 0.1) is 11.2 Å². The number of hydrogen-bond donors (Lipinski definition) is 2. The molecule has 1 heterocycles. The second kappa shape index (κ2) is 6.48. The van der Waals surface area contributed by atoms with Gasteiger partial charge in [-0.05, 0) is 37.9 Å². The van der Waals surface area contributed by atoms with Crippen LogP contribution >= 0.6 is 0 Å². The van der Waals surface area contributed by atoms with E-state index >= 15 is 0 Å². The van der Waals surface area contributed by atoms with Crippen LogP contribution in [0.15, 0.2) is 30.3 Å². The topological polar surface area (TPSA) is 68.0 Å². The lowest BCUT2D eigenvalue weighted by atomic mass is 10.1. The zero-order valence-corrected chi connectivity index (χ0v) is 12.0. The molecule has 1 unspecified atom stereocenters. The second-order valence-corrected chi connectivity index (χ2v) is 5.26. The quantitative estimate of drug-likeness (QED) is 0.878. The van der Waals surface area contributed by atoms with E-state index in [1.807, 2.05) is 37.3 Å². The van der Waals surface area contributed by atoms with E-state index in [1.165, 1.54) is 0 Å². The third kappa shape index (κ3) is 3.54. The Morgan fingerprint density at radius 1 is 1.40 bits per heavy atom. The summed E-state index contributed by atoms with van der Waals surface area (Å²) in [6.45, 7) is 4.60. The predicted octanol–water partition coefficient (Wildman–Crippen LogP) is 2.86. The van der Waals surface area contributed by atoms with Crippen LogP contribution in [0.1, 0.15) is 25.5 Å². The van der Waals surface area contributed by atoms with Crippen molar-refractivity contribution in [2.75, 3.05) is 11.9 Å². The Labute approximate surface area is 119 Å². The van der Waals surface area contributed by atoms with Crippen LogP contribution in [0.5, 0.6) is 0 Å². The highest BCUT2D eigenvalue weighted by molar-refractivity contribution is 6.00. The van der Waals surface area contributed by atoms with Gasteiger partial charge in [0, 0.05) is 17.5 Å².